The van der Waals surface area contributed by atoms with Gasteiger partial charge in [0.05, 0.1) is 83.1 Å². The highest BCUT2D eigenvalue weighted by Crippen LogP contribution is 2.39. The Morgan fingerprint density at radius 1 is 0.644 bits per heavy atom. The van der Waals surface area contributed by atoms with Crippen molar-refractivity contribution in [1.82, 2.24) is 39.0 Å². The van der Waals surface area contributed by atoms with Gasteiger partial charge in [-0.25, -0.2) is 40.6 Å². The van der Waals surface area contributed by atoms with Crippen LogP contribution in [0.2, 0.25) is 28.2 Å². The number of rotatable bonds is 14. The fourth-order valence-electron chi connectivity index (χ4n) is 9.87. The van der Waals surface area contributed by atoms with Crippen molar-refractivity contribution in [2.75, 3.05) is 71.0 Å². The van der Waals surface area contributed by atoms with Gasteiger partial charge in [-0.1, -0.05) is 58.8 Å². The Balaban J connectivity index is 0.000000222. The highest BCUT2D eigenvalue weighted by Gasteiger charge is 2.39. The van der Waals surface area contributed by atoms with Crippen LogP contribution in [-0.4, -0.2) is 144 Å². The lowest BCUT2D eigenvalue weighted by Gasteiger charge is -2.36. The van der Waals surface area contributed by atoms with Crippen LogP contribution in [0.1, 0.15) is 163 Å². The summed E-state index contributed by atoms with van der Waals surface area (Å²) in [6.45, 7) is 22.5. The number of benzene rings is 2. The van der Waals surface area contributed by atoms with Crippen LogP contribution < -0.4 is 19.2 Å². The summed E-state index contributed by atoms with van der Waals surface area (Å²) in [6.07, 6.45) is 9.42. The number of carbonyl (C=O) groups excluding carboxylic acids is 3. The van der Waals surface area contributed by atoms with Crippen molar-refractivity contribution >= 4 is 115 Å². The van der Waals surface area contributed by atoms with E-state index in [9.17, 15) is 36.3 Å². The quantitative estimate of drug-likeness (QED) is 0.0677. The highest BCUT2D eigenvalue weighted by molar-refractivity contribution is 7.92. The van der Waals surface area contributed by atoms with Crippen molar-refractivity contribution in [3.63, 3.8) is 0 Å². The third-order valence-corrected chi connectivity index (χ3v) is 21.8. The number of nitrogens with zero attached hydrogens (tertiary/aromatic N) is 10. The Labute approximate surface area is 528 Å². The largest absolute Gasteiger partial charge is 0.444 e. The van der Waals surface area contributed by atoms with Gasteiger partial charge < -0.3 is 29.0 Å². The first-order chi connectivity index (χ1) is 39.8. The van der Waals surface area contributed by atoms with E-state index in [0.717, 1.165) is 106 Å². The molecule has 4 aromatic heterocycles. The first-order valence-corrected chi connectivity index (χ1v) is 36.2. The lowest BCUT2D eigenvalue weighted by Crippen LogP contribution is -2.42. The molecular weight excluding hydrogens is 1240 g/mol. The smallest absolute Gasteiger partial charge is 0.410 e. The van der Waals surface area contributed by atoms with E-state index in [2.05, 4.69) is 59.2 Å². The molecular formula is C59H85Cl3N12O10S2Si. The number of aliphatic hydroxyl groups excluding tert-OH is 1. The standard InChI is InChI=1S/C26H43N5O3Si.C23H27ClN6O4S.C8H7Cl2NO3S.2CH4/c1-25(2,3)34-24(32)30-15-10-9-12-21(30)20-17-23-27-22(29-13-11-14-29)16-19(31(23)28-20)18-33-35(7,8)26(4,5)6;1-35(33,34)27-18-7-6-15(24)11-17(18)23(32)29-10-3-2-5-20(29)19-13-22-25-21(28-8-4-9-28)12-16(14-31)30(22)26-19;1-15(13,14)11-7-3-2-5(9)4-6(7)8(10)12;;/h16-17,21H,9-15,18H2,1-8H3;6-7,11-13,20,27,31H,2-5,8-10,14H2,1H3;2-4,11H,1H3;2*1H4/t21-;20-;;;/m00.../s1. The van der Waals surface area contributed by atoms with Gasteiger partial charge in [-0.15, -0.1) is 0 Å². The minimum absolute atomic E-state index is 0. The van der Waals surface area contributed by atoms with E-state index in [1.54, 1.807) is 15.5 Å². The maximum absolute atomic E-state index is 13.7. The molecule has 8 heterocycles. The van der Waals surface area contributed by atoms with Gasteiger partial charge in [0.15, 0.2) is 19.6 Å². The number of hydrogen-bond acceptors (Lipinski definition) is 16. The van der Waals surface area contributed by atoms with E-state index >= 15 is 0 Å². The van der Waals surface area contributed by atoms with E-state index in [1.807, 2.05) is 48.4 Å². The lowest BCUT2D eigenvalue weighted by atomic mass is 9.98. The molecule has 478 valence electrons. The molecule has 0 saturated carbocycles. The summed E-state index contributed by atoms with van der Waals surface area (Å²) in [6, 6.07) is 16.1. The highest BCUT2D eigenvalue weighted by atomic mass is 35.5. The molecule has 0 aliphatic carbocycles. The molecule has 10 rings (SSSR count). The number of piperidine rings is 2. The second-order valence-electron chi connectivity index (χ2n) is 24.4. The molecule has 4 aliphatic heterocycles. The number of aliphatic hydroxyl groups is 1. The fourth-order valence-corrected chi connectivity index (χ4v) is 12.5. The zero-order valence-electron chi connectivity index (χ0n) is 49.8. The number of nitrogens with one attached hydrogen (secondary N) is 2. The van der Waals surface area contributed by atoms with Gasteiger partial charge in [-0.3, -0.25) is 23.9 Å². The number of carbonyl (C=O) groups is 3. The van der Waals surface area contributed by atoms with Gasteiger partial charge in [-0.2, -0.15) is 10.2 Å². The number of anilines is 4. The zero-order chi connectivity index (χ0) is 62.0. The Bertz CT molecular complexity index is 3680. The summed E-state index contributed by atoms with van der Waals surface area (Å²) < 4.78 is 66.1. The van der Waals surface area contributed by atoms with Crippen LogP contribution in [0.3, 0.4) is 0 Å². The number of halogens is 3. The van der Waals surface area contributed by atoms with Crippen LogP contribution in [0.25, 0.3) is 11.3 Å². The first-order valence-electron chi connectivity index (χ1n) is 28.4. The van der Waals surface area contributed by atoms with Gasteiger partial charge >= 0.3 is 6.09 Å². The van der Waals surface area contributed by atoms with Crippen molar-refractivity contribution in [2.24, 2.45) is 0 Å². The van der Waals surface area contributed by atoms with Gasteiger partial charge in [0.25, 0.3) is 11.1 Å². The summed E-state index contributed by atoms with van der Waals surface area (Å²) in [4.78, 5) is 55.4. The Hall–Kier alpha value is -5.80. The van der Waals surface area contributed by atoms with Gasteiger partial charge in [-0.05, 0) is 138 Å². The number of aromatic nitrogens is 6. The first kappa shape index (κ1) is 70.3. The lowest BCUT2D eigenvalue weighted by molar-refractivity contribution is 0.00893. The summed E-state index contributed by atoms with van der Waals surface area (Å²) in [5.41, 5.74) is 4.60. The Morgan fingerprint density at radius 2 is 1.09 bits per heavy atom. The van der Waals surface area contributed by atoms with E-state index in [1.165, 1.54) is 36.8 Å². The number of amides is 2. The van der Waals surface area contributed by atoms with E-state index in [4.69, 9.17) is 64.1 Å². The van der Waals surface area contributed by atoms with Gasteiger partial charge in [0.2, 0.25) is 20.0 Å². The van der Waals surface area contributed by atoms with Gasteiger partial charge in [0.1, 0.15) is 17.2 Å². The monoisotopic (exact) mass is 1320 g/mol. The molecule has 2 atom stereocenters. The summed E-state index contributed by atoms with van der Waals surface area (Å²) in [5, 5.41) is 19.7. The Morgan fingerprint density at radius 3 is 1.53 bits per heavy atom. The molecule has 3 N–H and O–H groups in total. The van der Waals surface area contributed by atoms with Crippen LogP contribution >= 0.6 is 34.8 Å². The van der Waals surface area contributed by atoms with Crippen LogP contribution in [0.4, 0.5) is 27.8 Å². The number of sulfonamides is 2. The van der Waals surface area contributed by atoms with Crippen molar-refractivity contribution in [2.45, 2.75) is 157 Å². The molecule has 0 spiro atoms. The molecule has 6 aromatic rings. The van der Waals surface area contributed by atoms with Crippen LogP contribution in [0, 0.1) is 0 Å². The third kappa shape index (κ3) is 17.8. The minimum Gasteiger partial charge on any atom is -0.444 e. The maximum atomic E-state index is 13.7. The van der Waals surface area contributed by atoms with E-state index < -0.39 is 39.2 Å². The number of ether oxygens (including phenoxy) is 1. The molecule has 4 saturated heterocycles. The summed E-state index contributed by atoms with van der Waals surface area (Å²) >= 11 is 17.1. The molecule has 2 aromatic carbocycles. The molecule has 0 unspecified atom stereocenters. The molecule has 4 fully saturated rings. The second kappa shape index (κ2) is 28.4. The van der Waals surface area contributed by atoms with Crippen molar-refractivity contribution in [1.29, 1.82) is 0 Å². The average molecular weight is 1320 g/mol. The molecule has 87 heavy (non-hydrogen) atoms. The van der Waals surface area contributed by atoms with Gasteiger partial charge in [0, 0.05) is 73.6 Å². The van der Waals surface area contributed by atoms with Crippen LogP contribution in [0.15, 0.2) is 60.7 Å². The average Bonchev–Trinajstić information content (AvgIpc) is 2.04. The Kier molecular flexibility index (Phi) is 22.9. The van der Waals surface area contributed by atoms with Crippen molar-refractivity contribution < 1.29 is 45.5 Å². The minimum atomic E-state index is -3.59. The topological polar surface area (TPSA) is 256 Å². The van der Waals surface area contributed by atoms with E-state index in [-0.39, 0.29) is 73.1 Å². The number of likely N-dealkylation sites (tertiary alicyclic amines) is 2. The normalized spacial score (nSPS) is 17.3. The number of fused-ring (bicyclic) bond motifs is 2. The molecule has 28 heteroatoms. The number of hydrogen-bond donors (Lipinski definition) is 3. The SMILES string of the molecule is C.C.CC(C)(C)OC(=O)N1CCCC[C@H]1c1cc2nc(N3CCC3)cc(CO[Si](C)(C)C(C)(C)C)n2n1.CS(=O)(=O)Nc1ccc(Cl)cc1C(=O)Cl.CS(=O)(=O)Nc1ccc(Cl)cc1C(=O)N1CCCC[C@H]1c1cc2nc(N3CCC3)cc(CO)n2n1. The maximum Gasteiger partial charge on any atom is 0.410 e. The summed E-state index contributed by atoms with van der Waals surface area (Å²) in [5.74, 6) is 1.47. The molecule has 0 bridgehead atoms. The molecule has 0 radical (unpaired) electrons. The fraction of sp³-hybridized carbons (Fsp3) is 0.542. The van der Waals surface area contributed by atoms with E-state index in [0.29, 0.717) is 53.2 Å². The predicted octanol–water partition coefficient (Wildman–Crippen LogP) is 12.1. The van der Waals surface area contributed by atoms with Crippen LogP contribution in [-0.2, 0) is 42.4 Å². The molecule has 2 amide bonds. The van der Waals surface area contributed by atoms with Crippen molar-refractivity contribution in [3.05, 3.63) is 105 Å². The summed E-state index contributed by atoms with van der Waals surface area (Å²) in [7, 11) is -8.97. The second-order valence-corrected chi connectivity index (χ2v) is 33.9. The zero-order valence-corrected chi connectivity index (χ0v) is 54.7. The molecule has 4 aliphatic rings. The molecule has 22 nitrogen and oxygen atoms in total. The third-order valence-electron chi connectivity index (χ3n) is 15.5. The van der Waals surface area contributed by atoms with Crippen LogP contribution in [0.5, 0.6) is 0 Å². The van der Waals surface area contributed by atoms with Crippen molar-refractivity contribution in [3.8, 4) is 0 Å². The predicted molar refractivity (Wildman–Crippen MR) is 348 cm³/mol.